The maximum absolute atomic E-state index is 10.7. The molecule has 1 atom stereocenters. The van der Waals surface area contributed by atoms with E-state index in [2.05, 4.69) is 4.98 Å². The Bertz CT molecular complexity index is 525. The van der Waals surface area contributed by atoms with Gasteiger partial charge in [-0.25, -0.2) is 4.21 Å². The molecule has 0 spiro atoms. The minimum absolute atomic E-state index is 0.171. The summed E-state index contributed by atoms with van der Waals surface area (Å²) in [5.74, 6) is 0.171. The second-order valence-corrected chi connectivity index (χ2v) is 4.44. The monoisotopic (exact) mass is 221 g/mol. The van der Waals surface area contributed by atoms with Crippen LogP contribution in [0.1, 0.15) is 11.1 Å². The van der Waals surface area contributed by atoms with Crippen molar-refractivity contribution in [2.75, 3.05) is 0 Å². The number of fused-ring (bicyclic) bond motifs is 1. The third-order valence-electron chi connectivity index (χ3n) is 2.17. The van der Waals surface area contributed by atoms with Gasteiger partial charge in [0.1, 0.15) is 0 Å². The molecule has 1 aromatic heterocycles. The number of rotatable bonds is 2. The van der Waals surface area contributed by atoms with Crippen molar-refractivity contribution in [3.8, 4) is 0 Å². The zero-order chi connectivity index (χ0) is 10.8. The van der Waals surface area contributed by atoms with E-state index >= 15 is 0 Å². The van der Waals surface area contributed by atoms with Gasteiger partial charge in [0.05, 0.1) is 11.3 Å². The summed E-state index contributed by atoms with van der Waals surface area (Å²) < 4.78 is 19.5. The van der Waals surface area contributed by atoms with Crippen molar-refractivity contribution >= 4 is 22.0 Å². The van der Waals surface area contributed by atoms with Crippen LogP contribution in [0.2, 0.25) is 0 Å². The van der Waals surface area contributed by atoms with E-state index in [9.17, 15) is 4.21 Å². The van der Waals surface area contributed by atoms with Gasteiger partial charge >= 0.3 is 0 Å². The molecule has 0 aliphatic rings. The lowest BCUT2D eigenvalue weighted by Crippen LogP contribution is -1.93. The predicted octanol–water partition coefficient (Wildman–Crippen LogP) is 2.26. The number of aryl methyl sites for hydroxylation is 1. The van der Waals surface area contributed by atoms with Gasteiger partial charge in [0.25, 0.3) is 0 Å². The van der Waals surface area contributed by atoms with Crippen molar-refractivity contribution < 1.29 is 8.76 Å². The van der Waals surface area contributed by atoms with Crippen LogP contribution in [-0.4, -0.2) is 13.7 Å². The molecule has 3 nitrogen and oxygen atoms in total. The summed E-state index contributed by atoms with van der Waals surface area (Å²) in [6.45, 7) is 1.98. The normalized spacial score (nSPS) is 12.9. The predicted molar refractivity (Wildman–Crippen MR) is 61.0 cm³/mol. The Hall–Kier alpha value is -1.26. The molecule has 1 N–H and O–H groups in total. The summed E-state index contributed by atoms with van der Waals surface area (Å²) in [5.41, 5.74) is 2.86. The Kier molecular flexibility index (Phi) is 2.79. The highest BCUT2D eigenvalue weighted by Crippen LogP contribution is 2.15. The van der Waals surface area contributed by atoms with E-state index in [-0.39, 0.29) is 5.75 Å². The molecular formula is C11H11NO2S. The lowest BCUT2D eigenvalue weighted by molar-refractivity contribution is 0.563. The summed E-state index contributed by atoms with van der Waals surface area (Å²) in [5, 5.41) is 1.01. The molecule has 2 aromatic rings. The lowest BCUT2D eigenvalue weighted by atomic mass is 10.1. The highest BCUT2D eigenvalue weighted by molar-refractivity contribution is 7.78. The van der Waals surface area contributed by atoms with Crippen molar-refractivity contribution in [3.05, 3.63) is 41.6 Å². The third-order valence-corrected chi connectivity index (χ3v) is 2.75. The number of benzene rings is 1. The van der Waals surface area contributed by atoms with E-state index in [0.717, 1.165) is 22.0 Å². The smallest absolute Gasteiger partial charge is 0.157 e. The van der Waals surface area contributed by atoms with Crippen LogP contribution in [0.4, 0.5) is 0 Å². The molecule has 0 bridgehead atoms. The van der Waals surface area contributed by atoms with Gasteiger partial charge in [-0.1, -0.05) is 6.07 Å². The molecule has 15 heavy (non-hydrogen) atoms. The van der Waals surface area contributed by atoms with Crippen LogP contribution in [-0.2, 0) is 16.8 Å². The van der Waals surface area contributed by atoms with Crippen LogP contribution in [0.5, 0.6) is 0 Å². The van der Waals surface area contributed by atoms with Gasteiger partial charge in [0, 0.05) is 11.6 Å². The van der Waals surface area contributed by atoms with E-state index in [1.165, 1.54) is 0 Å². The van der Waals surface area contributed by atoms with Gasteiger partial charge in [-0.2, -0.15) is 0 Å². The second kappa shape index (κ2) is 4.08. The molecule has 4 heteroatoms. The number of aromatic nitrogens is 1. The number of nitrogens with zero attached hydrogens (tertiary/aromatic N) is 1. The molecule has 0 saturated carbocycles. The highest BCUT2D eigenvalue weighted by Gasteiger charge is 2.00. The van der Waals surface area contributed by atoms with Gasteiger partial charge in [0.15, 0.2) is 11.1 Å². The molecule has 0 radical (unpaired) electrons. The van der Waals surface area contributed by atoms with Crippen molar-refractivity contribution in [1.82, 2.24) is 4.98 Å². The maximum Gasteiger partial charge on any atom is 0.157 e. The fourth-order valence-corrected chi connectivity index (χ4v) is 1.99. The maximum atomic E-state index is 10.7. The largest absolute Gasteiger partial charge is 0.306 e. The third kappa shape index (κ3) is 2.40. The zero-order valence-electron chi connectivity index (χ0n) is 8.30. The highest BCUT2D eigenvalue weighted by atomic mass is 32.2. The molecule has 1 heterocycles. The summed E-state index contributed by atoms with van der Waals surface area (Å²) in [4.78, 5) is 4.26. The quantitative estimate of drug-likeness (QED) is 0.791. The fourth-order valence-electron chi connectivity index (χ4n) is 1.52. The summed E-state index contributed by atoms with van der Waals surface area (Å²) in [7, 11) is 0. The summed E-state index contributed by atoms with van der Waals surface area (Å²) in [6.07, 6.45) is 1.81. The topological polar surface area (TPSA) is 50.2 Å². The average Bonchev–Trinajstić information content (AvgIpc) is 2.16. The average molecular weight is 221 g/mol. The van der Waals surface area contributed by atoms with Gasteiger partial charge in [-0.15, -0.1) is 0 Å². The molecule has 78 valence electrons. The number of hydrogen-bond donors (Lipinski definition) is 1. The number of hydrogen-bond acceptors (Lipinski definition) is 2. The summed E-state index contributed by atoms with van der Waals surface area (Å²) in [6, 6.07) is 7.63. The van der Waals surface area contributed by atoms with E-state index in [1.807, 2.05) is 37.4 Å². The van der Waals surface area contributed by atoms with E-state index in [4.69, 9.17) is 4.55 Å². The number of pyridine rings is 1. The van der Waals surface area contributed by atoms with Crippen LogP contribution < -0.4 is 0 Å². The molecule has 1 aromatic carbocycles. The Balaban J connectivity index is 2.49. The second-order valence-electron chi connectivity index (χ2n) is 3.51. The molecule has 0 saturated heterocycles. The van der Waals surface area contributed by atoms with E-state index in [1.54, 1.807) is 0 Å². The zero-order valence-corrected chi connectivity index (χ0v) is 9.12. The minimum Gasteiger partial charge on any atom is -0.306 e. The first kappa shape index (κ1) is 10.3. The first-order valence-electron chi connectivity index (χ1n) is 4.58. The first-order chi connectivity index (χ1) is 7.15. The first-order valence-corrected chi connectivity index (χ1v) is 5.85. The van der Waals surface area contributed by atoms with E-state index in [0.29, 0.717) is 0 Å². The van der Waals surface area contributed by atoms with Crippen LogP contribution in [0, 0.1) is 6.92 Å². The van der Waals surface area contributed by atoms with Crippen LogP contribution in [0.3, 0.4) is 0 Å². The molecular weight excluding hydrogens is 210 g/mol. The van der Waals surface area contributed by atoms with E-state index < -0.39 is 11.1 Å². The lowest BCUT2D eigenvalue weighted by Gasteiger charge is -2.01. The Labute approximate surface area is 90.4 Å². The molecule has 0 fully saturated rings. The van der Waals surface area contributed by atoms with Gasteiger partial charge in [-0.3, -0.25) is 4.98 Å². The van der Waals surface area contributed by atoms with Crippen LogP contribution >= 0.6 is 0 Å². The van der Waals surface area contributed by atoms with Crippen LogP contribution in [0.15, 0.2) is 30.5 Å². The van der Waals surface area contributed by atoms with Crippen molar-refractivity contribution in [2.45, 2.75) is 12.7 Å². The standard InChI is InChI=1S/C11H11NO2S/c1-8-4-10-5-9(7-15(13)14)2-3-11(10)12-6-8/h2-6H,7H2,1H3,(H,13,14). The van der Waals surface area contributed by atoms with Gasteiger partial charge < -0.3 is 4.55 Å². The summed E-state index contributed by atoms with van der Waals surface area (Å²) >= 11 is -1.79. The van der Waals surface area contributed by atoms with Crippen molar-refractivity contribution in [2.24, 2.45) is 0 Å². The Morgan fingerprint density at radius 3 is 2.93 bits per heavy atom. The fraction of sp³-hybridized carbons (Fsp3) is 0.182. The Morgan fingerprint density at radius 1 is 1.40 bits per heavy atom. The molecule has 1 unspecified atom stereocenters. The van der Waals surface area contributed by atoms with Crippen molar-refractivity contribution in [1.29, 1.82) is 0 Å². The van der Waals surface area contributed by atoms with Crippen LogP contribution in [0.25, 0.3) is 10.9 Å². The molecule has 0 aliphatic heterocycles. The molecule has 0 amide bonds. The van der Waals surface area contributed by atoms with Gasteiger partial charge in [0.2, 0.25) is 0 Å². The molecule has 0 aliphatic carbocycles. The van der Waals surface area contributed by atoms with Gasteiger partial charge in [-0.05, 0) is 36.2 Å². The molecule has 2 rings (SSSR count). The SMILES string of the molecule is Cc1cnc2ccc(CS(=O)O)cc2c1. The van der Waals surface area contributed by atoms with Crippen molar-refractivity contribution in [3.63, 3.8) is 0 Å². The Morgan fingerprint density at radius 2 is 2.20 bits per heavy atom. The minimum atomic E-state index is -1.79.